The number of aromatic nitrogens is 1. The van der Waals surface area contributed by atoms with Crippen LogP contribution < -0.4 is 14.5 Å². The normalized spacial score (nSPS) is 13.4. The summed E-state index contributed by atoms with van der Waals surface area (Å²) in [4.78, 5) is 4.77. The lowest BCUT2D eigenvalue weighted by Gasteiger charge is -2.33. The van der Waals surface area contributed by atoms with Crippen LogP contribution in [0.25, 0.3) is 71.6 Å². The van der Waals surface area contributed by atoms with Crippen LogP contribution in [0, 0.1) is 0 Å². The van der Waals surface area contributed by atoms with E-state index < -0.39 is 0 Å². The molecule has 322 valence electrons. The average molecular weight is 874 g/mol. The molecule has 0 N–H and O–H groups in total. The first kappa shape index (κ1) is 38.5. The maximum atomic E-state index is 6.85. The van der Waals surface area contributed by atoms with Gasteiger partial charge in [-0.2, -0.15) is 0 Å². The van der Waals surface area contributed by atoms with E-state index >= 15 is 0 Å². The first-order valence-corrected chi connectivity index (χ1v) is 23.3. The molecule has 0 bridgehead atoms. The maximum Gasteiger partial charge on any atom is 0.178 e. The predicted octanol–water partition coefficient (Wildman–Crippen LogP) is 17.7. The molecule has 2 aromatic heterocycles. The molecule has 0 amide bonds. The summed E-state index contributed by atoms with van der Waals surface area (Å²) in [5.41, 5.74) is 16.3. The number of benzene rings is 10. The van der Waals surface area contributed by atoms with Gasteiger partial charge in [-0.1, -0.05) is 141 Å². The number of furan rings is 1. The van der Waals surface area contributed by atoms with E-state index in [0.29, 0.717) is 0 Å². The average Bonchev–Trinajstić information content (AvgIpc) is 4.01. The molecule has 14 rings (SSSR count). The zero-order valence-electron chi connectivity index (χ0n) is 37.5. The van der Waals surface area contributed by atoms with Gasteiger partial charge in [-0.05, 0) is 135 Å². The number of hydrogen-bond donors (Lipinski definition) is 0. The molecule has 10 aromatic carbocycles. The van der Waals surface area contributed by atoms with E-state index in [1.165, 1.54) is 44.2 Å². The number of para-hydroxylation sites is 4. The van der Waals surface area contributed by atoms with Crippen molar-refractivity contribution < 1.29 is 9.15 Å². The fourth-order valence-electron chi connectivity index (χ4n) is 11.1. The van der Waals surface area contributed by atoms with Crippen LogP contribution in [0.2, 0.25) is 0 Å². The monoisotopic (exact) mass is 873 g/mol. The van der Waals surface area contributed by atoms with Crippen molar-refractivity contribution in [2.75, 3.05) is 9.80 Å². The van der Waals surface area contributed by atoms with E-state index in [9.17, 15) is 0 Å². The Morgan fingerprint density at radius 3 is 1.94 bits per heavy atom. The van der Waals surface area contributed by atoms with Crippen molar-refractivity contribution in [1.82, 2.24) is 4.57 Å². The standard InChI is InChI=1S/C63H43N3O2/c1-63(2)53-37-45(64(44-28-25-41(26-29-44)40-15-5-3-6-16-40)47-32-35-52-59(39-47)67-58-36-27-42-17-9-10-20-48(42)60(52)58)30-33-49(53)50-34-31-46(38-54(50)63)66-56-23-13-14-24-57(56)68-61-51-21-11-12-22-55(51)65(62(61)66)43-18-7-4-8-19-43/h3-39H,1-2H3. The highest BCUT2D eigenvalue weighted by atomic mass is 16.5. The number of fused-ring (bicyclic) bond motifs is 12. The highest BCUT2D eigenvalue weighted by Gasteiger charge is 2.39. The minimum Gasteiger partial charge on any atom is -0.456 e. The Kier molecular flexibility index (Phi) is 8.26. The molecule has 0 atom stereocenters. The molecular weight excluding hydrogens is 831 g/mol. The van der Waals surface area contributed by atoms with E-state index in [0.717, 1.165) is 84.3 Å². The molecule has 2 aliphatic rings. The number of rotatable bonds is 6. The Labute approximate surface area is 393 Å². The highest BCUT2D eigenvalue weighted by Crippen LogP contribution is 2.58. The first-order valence-electron chi connectivity index (χ1n) is 23.3. The van der Waals surface area contributed by atoms with Crippen LogP contribution >= 0.6 is 0 Å². The van der Waals surface area contributed by atoms with Crippen molar-refractivity contribution >= 4 is 77.9 Å². The van der Waals surface area contributed by atoms with Crippen molar-refractivity contribution in [3.63, 3.8) is 0 Å². The summed E-state index contributed by atoms with van der Waals surface area (Å²) in [5.74, 6) is 2.66. The Morgan fingerprint density at radius 1 is 0.456 bits per heavy atom. The van der Waals surface area contributed by atoms with Crippen LogP contribution in [0.5, 0.6) is 11.5 Å². The predicted molar refractivity (Wildman–Crippen MR) is 280 cm³/mol. The fraction of sp³-hybridized carbons (Fsp3) is 0.0476. The third-order valence-electron chi connectivity index (χ3n) is 14.3. The van der Waals surface area contributed by atoms with E-state index in [1.807, 2.05) is 0 Å². The zero-order chi connectivity index (χ0) is 45.1. The van der Waals surface area contributed by atoms with Gasteiger partial charge in [0.1, 0.15) is 11.2 Å². The third-order valence-corrected chi connectivity index (χ3v) is 14.3. The van der Waals surface area contributed by atoms with Gasteiger partial charge < -0.3 is 14.1 Å². The van der Waals surface area contributed by atoms with Crippen molar-refractivity contribution in [3.05, 3.63) is 236 Å². The van der Waals surface area contributed by atoms with Gasteiger partial charge in [0, 0.05) is 56.1 Å². The fourth-order valence-corrected chi connectivity index (χ4v) is 11.1. The van der Waals surface area contributed by atoms with Gasteiger partial charge in [0.15, 0.2) is 17.3 Å². The molecule has 1 aliphatic heterocycles. The molecule has 0 saturated carbocycles. The van der Waals surface area contributed by atoms with Gasteiger partial charge in [0.05, 0.1) is 11.2 Å². The molecule has 0 spiro atoms. The summed E-state index contributed by atoms with van der Waals surface area (Å²) < 4.78 is 15.9. The van der Waals surface area contributed by atoms with Crippen LogP contribution in [0.3, 0.4) is 0 Å². The maximum absolute atomic E-state index is 6.85. The molecule has 0 saturated heterocycles. The summed E-state index contributed by atoms with van der Waals surface area (Å²) in [6.07, 6.45) is 0. The number of anilines is 6. The van der Waals surface area contributed by atoms with Gasteiger partial charge in [-0.25, -0.2) is 0 Å². The van der Waals surface area contributed by atoms with Gasteiger partial charge in [-0.3, -0.25) is 9.47 Å². The molecule has 0 unspecified atom stereocenters. The lowest BCUT2D eigenvalue weighted by molar-refractivity contribution is 0.481. The van der Waals surface area contributed by atoms with Crippen molar-refractivity contribution in [1.29, 1.82) is 0 Å². The van der Waals surface area contributed by atoms with E-state index in [1.54, 1.807) is 0 Å². The molecule has 0 fully saturated rings. The zero-order valence-corrected chi connectivity index (χ0v) is 37.5. The number of ether oxygens (including phenoxy) is 1. The highest BCUT2D eigenvalue weighted by molar-refractivity contribution is 6.19. The van der Waals surface area contributed by atoms with E-state index in [-0.39, 0.29) is 5.41 Å². The molecule has 1 aliphatic carbocycles. The topological polar surface area (TPSA) is 33.8 Å². The lowest BCUT2D eigenvalue weighted by atomic mass is 9.82. The largest absolute Gasteiger partial charge is 0.456 e. The lowest BCUT2D eigenvalue weighted by Crippen LogP contribution is -2.20. The van der Waals surface area contributed by atoms with Crippen LogP contribution in [-0.4, -0.2) is 4.57 Å². The Hall–Kier alpha value is -8.80. The molecule has 5 nitrogen and oxygen atoms in total. The second-order valence-corrected chi connectivity index (χ2v) is 18.5. The van der Waals surface area contributed by atoms with Gasteiger partial charge in [-0.15, -0.1) is 0 Å². The van der Waals surface area contributed by atoms with Crippen molar-refractivity contribution in [2.45, 2.75) is 19.3 Å². The van der Waals surface area contributed by atoms with Crippen molar-refractivity contribution in [2.24, 2.45) is 0 Å². The molecule has 0 radical (unpaired) electrons. The van der Waals surface area contributed by atoms with E-state index in [2.05, 4.69) is 253 Å². The molecule has 3 heterocycles. The molecule has 12 aromatic rings. The first-order chi connectivity index (χ1) is 33.5. The Balaban J connectivity index is 0.911. The van der Waals surface area contributed by atoms with Crippen LogP contribution in [0.1, 0.15) is 25.0 Å². The van der Waals surface area contributed by atoms with Crippen LogP contribution in [0.4, 0.5) is 34.3 Å². The third kappa shape index (κ3) is 5.69. The quantitative estimate of drug-likeness (QED) is 0.167. The minimum absolute atomic E-state index is 0.329. The smallest absolute Gasteiger partial charge is 0.178 e. The molecule has 5 heteroatoms. The summed E-state index contributed by atoms with van der Waals surface area (Å²) in [5, 5.41) is 5.74. The minimum atomic E-state index is -0.329. The van der Waals surface area contributed by atoms with Crippen LogP contribution in [-0.2, 0) is 5.41 Å². The molecule has 68 heavy (non-hydrogen) atoms. The van der Waals surface area contributed by atoms with Gasteiger partial charge in [0.2, 0.25) is 0 Å². The SMILES string of the molecule is CC1(C)c2cc(N(c3ccc(-c4ccccc4)cc3)c3ccc4c(c3)oc3ccc5ccccc5c34)ccc2-c2ccc(N3c4ccccc4Oc4c3n(-c3ccccc3)c3ccccc43)cc21. The van der Waals surface area contributed by atoms with Gasteiger partial charge in [0.25, 0.3) is 0 Å². The summed E-state index contributed by atoms with van der Waals surface area (Å²) >= 11 is 0. The summed E-state index contributed by atoms with van der Waals surface area (Å²) in [6, 6.07) is 80.6. The number of nitrogens with zero attached hydrogens (tertiary/aromatic N) is 3. The van der Waals surface area contributed by atoms with Gasteiger partial charge >= 0.3 is 0 Å². The Bertz CT molecular complexity index is 3980. The second-order valence-electron chi connectivity index (χ2n) is 18.5. The Morgan fingerprint density at radius 2 is 1.10 bits per heavy atom. The summed E-state index contributed by atoms with van der Waals surface area (Å²) in [6.45, 7) is 4.74. The number of hydrogen-bond acceptors (Lipinski definition) is 4. The summed E-state index contributed by atoms with van der Waals surface area (Å²) in [7, 11) is 0. The van der Waals surface area contributed by atoms with E-state index in [4.69, 9.17) is 9.15 Å². The van der Waals surface area contributed by atoms with Crippen LogP contribution in [0.15, 0.2) is 229 Å². The van der Waals surface area contributed by atoms with Crippen molar-refractivity contribution in [3.8, 4) is 39.4 Å². The molecular formula is C63H43N3O2. The second kappa shape index (κ2) is 14.6.